The first-order chi connectivity index (χ1) is 12.3. The van der Waals surface area contributed by atoms with Crippen LogP contribution in [0.1, 0.15) is 27.8 Å². The number of para-hydroxylation sites is 2. The lowest BCUT2D eigenvalue weighted by molar-refractivity contribution is -0.144. The van der Waals surface area contributed by atoms with Crippen LogP contribution in [0.2, 0.25) is 0 Å². The maximum Gasteiger partial charge on any atom is 0.406 e. The van der Waals surface area contributed by atoms with Crippen LogP contribution in [0.5, 0.6) is 0 Å². The zero-order valence-corrected chi connectivity index (χ0v) is 13.9. The molecule has 0 saturated heterocycles. The van der Waals surface area contributed by atoms with Gasteiger partial charge in [0.05, 0.1) is 5.56 Å². The highest BCUT2D eigenvalue weighted by atomic mass is 19.4. The second-order valence-corrected chi connectivity index (χ2v) is 6.35. The molecule has 0 radical (unpaired) electrons. The third-order valence-corrected chi connectivity index (χ3v) is 4.59. The van der Waals surface area contributed by atoms with E-state index in [1.54, 1.807) is 25.1 Å². The summed E-state index contributed by atoms with van der Waals surface area (Å²) in [4.78, 5) is 16.9. The van der Waals surface area contributed by atoms with Crippen molar-refractivity contribution in [1.82, 2.24) is 9.88 Å². The van der Waals surface area contributed by atoms with Crippen molar-refractivity contribution in [3.05, 3.63) is 65.4 Å². The normalized spacial score (nSPS) is 17.3. The van der Waals surface area contributed by atoms with Gasteiger partial charge in [-0.05, 0) is 25.1 Å². The predicted molar refractivity (Wildman–Crippen MR) is 92.9 cm³/mol. The van der Waals surface area contributed by atoms with Gasteiger partial charge in [-0.15, -0.1) is 0 Å². The summed E-state index contributed by atoms with van der Waals surface area (Å²) in [6.45, 7) is 0.477. The van der Waals surface area contributed by atoms with E-state index in [0.29, 0.717) is 11.3 Å². The van der Waals surface area contributed by atoms with Gasteiger partial charge in [-0.2, -0.15) is 13.2 Å². The first kappa shape index (κ1) is 16.5. The Morgan fingerprint density at radius 1 is 1.08 bits per heavy atom. The Hall–Kier alpha value is -2.96. The molecule has 0 spiro atoms. The second kappa shape index (κ2) is 5.79. The monoisotopic (exact) mass is 359 g/mol. The zero-order valence-electron chi connectivity index (χ0n) is 13.9. The molecule has 3 aromatic rings. The number of alkyl halides is 3. The minimum absolute atomic E-state index is 0.241. The highest BCUT2D eigenvalue weighted by Crippen LogP contribution is 2.39. The number of nitrogens with one attached hydrogen (secondary N) is 2. The van der Waals surface area contributed by atoms with Crippen molar-refractivity contribution in [2.75, 3.05) is 11.9 Å². The molecule has 4 rings (SSSR count). The Morgan fingerprint density at radius 3 is 2.54 bits per heavy atom. The van der Waals surface area contributed by atoms with Gasteiger partial charge in [-0.1, -0.05) is 30.3 Å². The number of fused-ring (bicyclic) bond motifs is 2. The number of anilines is 1. The molecule has 1 aliphatic heterocycles. The summed E-state index contributed by atoms with van der Waals surface area (Å²) in [6.07, 6.45) is -5.41. The Kier molecular flexibility index (Phi) is 3.68. The van der Waals surface area contributed by atoms with Crippen molar-refractivity contribution < 1.29 is 18.0 Å². The van der Waals surface area contributed by atoms with Crippen LogP contribution in [0.4, 0.5) is 18.9 Å². The first-order valence-corrected chi connectivity index (χ1v) is 8.15. The molecule has 2 aromatic carbocycles. The lowest BCUT2D eigenvalue weighted by Gasteiger charge is -2.38. The number of carbonyl (C=O) groups excluding carboxylic acids is 1. The van der Waals surface area contributed by atoms with E-state index in [0.717, 1.165) is 21.5 Å². The van der Waals surface area contributed by atoms with E-state index in [1.165, 1.54) is 6.07 Å². The van der Waals surface area contributed by atoms with Crippen molar-refractivity contribution in [3.8, 4) is 0 Å². The Morgan fingerprint density at radius 2 is 1.77 bits per heavy atom. The number of carbonyl (C=O) groups is 1. The molecule has 0 aliphatic carbocycles. The van der Waals surface area contributed by atoms with E-state index in [9.17, 15) is 18.0 Å². The van der Waals surface area contributed by atoms with E-state index in [4.69, 9.17) is 0 Å². The molecular formula is C19H16F3N3O. The lowest BCUT2D eigenvalue weighted by atomic mass is 10.0. The van der Waals surface area contributed by atoms with Crippen LogP contribution >= 0.6 is 0 Å². The molecule has 0 fully saturated rings. The summed E-state index contributed by atoms with van der Waals surface area (Å²) in [6, 6.07) is 14.0. The number of benzene rings is 2. The van der Waals surface area contributed by atoms with Gasteiger partial charge < -0.3 is 15.2 Å². The summed E-state index contributed by atoms with van der Waals surface area (Å²) in [5, 5.41) is 3.91. The number of aryl methyl sites for hydroxylation is 1. The smallest absolute Gasteiger partial charge is 0.361 e. The Labute approximate surface area is 147 Å². The molecule has 2 N–H and O–H groups in total. The van der Waals surface area contributed by atoms with Gasteiger partial charge in [0, 0.05) is 27.8 Å². The van der Waals surface area contributed by atoms with E-state index in [1.807, 2.05) is 24.3 Å². The summed E-state index contributed by atoms with van der Waals surface area (Å²) in [5.41, 5.74) is 2.96. The van der Waals surface area contributed by atoms with Crippen LogP contribution in [0.25, 0.3) is 10.9 Å². The van der Waals surface area contributed by atoms with Crippen LogP contribution < -0.4 is 5.32 Å². The number of H-pyrrole nitrogens is 1. The topological polar surface area (TPSA) is 48.1 Å². The van der Waals surface area contributed by atoms with Gasteiger partial charge in [0.25, 0.3) is 5.91 Å². The molecule has 0 saturated carbocycles. The minimum Gasteiger partial charge on any atom is -0.361 e. The van der Waals surface area contributed by atoms with Gasteiger partial charge in [0.15, 0.2) is 0 Å². The molecule has 4 nitrogen and oxygen atoms in total. The number of hydrogen-bond donors (Lipinski definition) is 2. The Balaban J connectivity index is 1.89. The number of halogens is 3. The van der Waals surface area contributed by atoms with Crippen molar-refractivity contribution in [2.45, 2.75) is 19.3 Å². The maximum atomic E-state index is 13.2. The molecule has 7 heteroatoms. The zero-order chi connectivity index (χ0) is 18.5. The maximum absolute atomic E-state index is 13.2. The average Bonchev–Trinajstić information content (AvgIpc) is 2.92. The quantitative estimate of drug-likeness (QED) is 0.702. The molecule has 134 valence electrons. The average molecular weight is 359 g/mol. The fourth-order valence-corrected chi connectivity index (χ4v) is 3.53. The van der Waals surface area contributed by atoms with Gasteiger partial charge in [-0.25, -0.2) is 0 Å². The lowest BCUT2D eigenvalue weighted by Crippen LogP contribution is -2.47. The van der Waals surface area contributed by atoms with Gasteiger partial charge in [0.1, 0.15) is 12.7 Å². The van der Waals surface area contributed by atoms with Gasteiger partial charge in [0.2, 0.25) is 0 Å². The van der Waals surface area contributed by atoms with Gasteiger partial charge >= 0.3 is 6.18 Å². The molecule has 1 amide bonds. The van der Waals surface area contributed by atoms with E-state index in [2.05, 4.69) is 10.3 Å². The molecule has 0 unspecified atom stereocenters. The third-order valence-electron chi connectivity index (χ3n) is 4.59. The van der Waals surface area contributed by atoms with E-state index < -0.39 is 24.8 Å². The molecule has 26 heavy (non-hydrogen) atoms. The second-order valence-electron chi connectivity index (χ2n) is 6.35. The summed E-state index contributed by atoms with van der Waals surface area (Å²) >= 11 is 0. The van der Waals surface area contributed by atoms with E-state index >= 15 is 0 Å². The Bertz CT molecular complexity index is 993. The molecular weight excluding hydrogens is 343 g/mol. The largest absolute Gasteiger partial charge is 0.406 e. The van der Waals surface area contributed by atoms with Crippen molar-refractivity contribution in [3.63, 3.8) is 0 Å². The van der Waals surface area contributed by atoms with Crippen molar-refractivity contribution in [1.29, 1.82) is 0 Å². The number of aromatic nitrogens is 1. The standard InChI is InChI=1S/C19H16F3N3O/c1-11-16(12-6-2-4-8-14(12)23-11)17-24-15-9-5-3-7-13(15)18(26)25(17)10-19(20,21)22/h2-9,17,23-24H,10H2,1H3/t17-/m0/s1. The van der Waals surface area contributed by atoms with Crippen molar-refractivity contribution >= 4 is 22.5 Å². The molecule has 1 aromatic heterocycles. The fourth-order valence-electron chi connectivity index (χ4n) is 3.53. The summed E-state index contributed by atoms with van der Waals surface area (Å²) in [7, 11) is 0. The highest BCUT2D eigenvalue weighted by Gasteiger charge is 2.41. The van der Waals surface area contributed by atoms with Crippen LogP contribution in [-0.4, -0.2) is 28.5 Å². The number of hydrogen-bond acceptors (Lipinski definition) is 2. The highest BCUT2D eigenvalue weighted by molar-refractivity contribution is 6.02. The summed E-state index contributed by atoms with van der Waals surface area (Å²) in [5.74, 6) is -0.633. The van der Waals surface area contributed by atoms with Crippen LogP contribution in [0.3, 0.4) is 0 Å². The molecule has 1 atom stereocenters. The number of nitrogens with zero attached hydrogens (tertiary/aromatic N) is 1. The molecule has 1 aliphatic rings. The molecule has 2 heterocycles. The minimum atomic E-state index is -4.50. The first-order valence-electron chi connectivity index (χ1n) is 8.15. The number of amides is 1. The van der Waals surface area contributed by atoms with Gasteiger partial charge in [-0.3, -0.25) is 4.79 Å². The predicted octanol–water partition coefficient (Wildman–Crippen LogP) is 4.61. The van der Waals surface area contributed by atoms with Crippen LogP contribution in [0, 0.1) is 6.92 Å². The number of aromatic amines is 1. The fraction of sp³-hybridized carbons (Fsp3) is 0.211. The third kappa shape index (κ3) is 2.69. The van der Waals surface area contributed by atoms with Crippen LogP contribution in [0.15, 0.2) is 48.5 Å². The SMILES string of the molecule is Cc1[nH]c2ccccc2c1[C@H]1Nc2ccccc2C(=O)N1CC(F)(F)F. The number of rotatable bonds is 2. The molecule has 0 bridgehead atoms. The summed E-state index contributed by atoms with van der Waals surface area (Å²) < 4.78 is 39.6. The van der Waals surface area contributed by atoms with Crippen molar-refractivity contribution in [2.24, 2.45) is 0 Å². The van der Waals surface area contributed by atoms with E-state index in [-0.39, 0.29) is 5.56 Å². The van der Waals surface area contributed by atoms with Crippen LogP contribution in [-0.2, 0) is 0 Å².